The Bertz CT molecular complexity index is 507. The maximum atomic E-state index is 10.7. The van der Waals surface area contributed by atoms with E-state index in [0.717, 1.165) is 0 Å². The third-order valence-corrected chi connectivity index (χ3v) is 2.01. The van der Waals surface area contributed by atoms with Gasteiger partial charge in [-0.25, -0.2) is 4.98 Å². The van der Waals surface area contributed by atoms with Crippen molar-refractivity contribution in [3.05, 3.63) is 36.4 Å². The molecule has 0 aliphatic carbocycles. The van der Waals surface area contributed by atoms with Crippen molar-refractivity contribution < 1.29 is 14.3 Å². The molecule has 76 valence electrons. The molecule has 0 radical (unpaired) electrons. The van der Waals surface area contributed by atoms with Crippen LogP contribution in [-0.4, -0.2) is 15.3 Å². The van der Waals surface area contributed by atoms with E-state index in [1.54, 1.807) is 18.2 Å². The molecule has 0 saturated heterocycles. The molecule has 1 aromatic heterocycles. The summed E-state index contributed by atoms with van der Waals surface area (Å²) in [4.78, 5) is 14.6. The van der Waals surface area contributed by atoms with Crippen LogP contribution in [0.4, 0.5) is 0 Å². The second kappa shape index (κ2) is 3.74. The number of aromatic hydroxyl groups is 1. The molecule has 0 spiro atoms. The Labute approximate surface area is 90.1 Å². The van der Waals surface area contributed by atoms with E-state index in [1.807, 2.05) is 0 Å². The molecule has 0 unspecified atom stereocenters. The molecule has 2 aromatic rings. The number of oxazole rings is 1. The fourth-order valence-electron chi connectivity index (χ4n) is 1.18. The van der Waals surface area contributed by atoms with Gasteiger partial charge < -0.3 is 9.52 Å². The zero-order valence-corrected chi connectivity index (χ0v) is 8.23. The number of para-hydroxylation sites is 1. The van der Waals surface area contributed by atoms with Crippen molar-refractivity contribution in [2.75, 3.05) is 0 Å². The van der Waals surface area contributed by atoms with E-state index >= 15 is 0 Å². The topological polar surface area (TPSA) is 63.3 Å². The van der Waals surface area contributed by atoms with E-state index in [0.29, 0.717) is 11.3 Å². The summed E-state index contributed by atoms with van der Waals surface area (Å²) in [6.45, 7) is 0. The Balaban J connectivity index is 2.46. The summed E-state index contributed by atoms with van der Waals surface area (Å²) in [7, 11) is 0. The zero-order chi connectivity index (χ0) is 10.8. The van der Waals surface area contributed by atoms with E-state index < -0.39 is 5.24 Å². The van der Waals surface area contributed by atoms with Crippen LogP contribution in [0, 0.1) is 0 Å². The largest absolute Gasteiger partial charge is 0.507 e. The van der Waals surface area contributed by atoms with Crippen molar-refractivity contribution in [3.63, 3.8) is 0 Å². The summed E-state index contributed by atoms with van der Waals surface area (Å²) < 4.78 is 4.83. The van der Waals surface area contributed by atoms with Crippen LogP contribution in [0.5, 0.6) is 5.75 Å². The molecule has 0 atom stereocenters. The molecule has 4 nitrogen and oxygen atoms in total. The second-order valence-electron chi connectivity index (χ2n) is 2.83. The van der Waals surface area contributed by atoms with Crippen molar-refractivity contribution in [1.82, 2.24) is 4.98 Å². The van der Waals surface area contributed by atoms with Crippen LogP contribution >= 0.6 is 11.6 Å². The van der Waals surface area contributed by atoms with Gasteiger partial charge in [0.15, 0.2) is 0 Å². The van der Waals surface area contributed by atoms with E-state index in [4.69, 9.17) is 16.0 Å². The van der Waals surface area contributed by atoms with Gasteiger partial charge in [0.1, 0.15) is 17.7 Å². The number of carbonyl (C=O) groups is 1. The maximum absolute atomic E-state index is 10.7. The van der Waals surface area contributed by atoms with E-state index in [1.165, 1.54) is 12.3 Å². The first kappa shape index (κ1) is 9.73. The van der Waals surface area contributed by atoms with E-state index in [9.17, 15) is 9.90 Å². The number of nitrogens with zero attached hydrogens (tertiary/aromatic N) is 1. The highest BCUT2D eigenvalue weighted by Gasteiger charge is 2.13. The first-order valence-corrected chi connectivity index (χ1v) is 4.50. The van der Waals surface area contributed by atoms with Crippen LogP contribution in [0.2, 0.25) is 0 Å². The van der Waals surface area contributed by atoms with Crippen LogP contribution < -0.4 is 0 Å². The lowest BCUT2D eigenvalue weighted by Gasteiger charge is -1.97. The summed E-state index contributed by atoms with van der Waals surface area (Å²) in [6, 6.07) is 6.61. The monoisotopic (exact) mass is 223 g/mol. The molecule has 0 aliphatic rings. The predicted molar refractivity (Wildman–Crippen MR) is 53.8 cm³/mol. The van der Waals surface area contributed by atoms with Gasteiger partial charge in [0.05, 0.1) is 0 Å². The number of aromatic nitrogens is 1. The van der Waals surface area contributed by atoms with Gasteiger partial charge in [0.25, 0.3) is 5.89 Å². The molecule has 1 N–H and O–H groups in total. The van der Waals surface area contributed by atoms with Crippen LogP contribution in [0.3, 0.4) is 0 Å². The van der Waals surface area contributed by atoms with Crippen LogP contribution in [-0.2, 0) is 0 Å². The third kappa shape index (κ3) is 1.85. The third-order valence-electron chi connectivity index (χ3n) is 1.85. The highest BCUT2D eigenvalue weighted by molar-refractivity contribution is 6.67. The normalized spacial score (nSPS) is 10.2. The molecule has 0 saturated carbocycles. The summed E-state index contributed by atoms with van der Waals surface area (Å²) in [5, 5.41) is 8.75. The fraction of sp³-hybridized carbons (Fsp3) is 0. The fourth-order valence-corrected chi connectivity index (χ4v) is 1.26. The summed E-state index contributed by atoms with van der Waals surface area (Å²) in [6.07, 6.45) is 1.27. The SMILES string of the molecule is O=C(Cl)c1nc(-c2ccccc2O)co1. The molecule has 2 rings (SSSR count). The number of carbonyl (C=O) groups excluding carboxylic acids is 1. The lowest BCUT2D eigenvalue weighted by Crippen LogP contribution is -1.88. The highest BCUT2D eigenvalue weighted by atomic mass is 35.5. The first-order valence-electron chi connectivity index (χ1n) is 4.12. The number of halogens is 1. The van der Waals surface area contributed by atoms with E-state index in [-0.39, 0.29) is 11.6 Å². The molecule has 1 aromatic carbocycles. The first-order chi connectivity index (χ1) is 7.18. The van der Waals surface area contributed by atoms with Crippen LogP contribution in [0.1, 0.15) is 10.7 Å². The van der Waals surface area contributed by atoms with Gasteiger partial charge in [0.2, 0.25) is 0 Å². The molecule has 0 aliphatic heterocycles. The molecule has 0 fully saturated rings. The minimum Gasteiger partial charge on any atom is -0.507 e. The van der Waals surface area contributed by atoms with Gasteiger partial charge in [-0.05, 0) is 23.7 Å². The van der Waals surface area contributed by atoms with Crippen molar-refractivity contribution in [2.24, 2.45) is 0 Å². The van der Waals surface area contributed by atoms with Gasteiger partial charge in [-0.3, -0.25) is 4.79 Å². The quantitative estimate of drug-likeness (QED) is 0.795. The van der Waals surface area contributed by atoms with Gasteiger partial charge >= 0.3 is 5.24 Å². The van der Waals surface area contributed by atoms with Crippen molar-refractivity contribution in [2.45, 2.75) is 0 Å². The molecule has 5 heteroatoms. The number of benzene rings is 1. The molecule has 15 heavy (non-hydrogen) atoms. The number of hydrogen-bond acceptors (Lipinski definition) is 4. The summed E-state index contributed by atoms with van der Waals surface area (Å²) >= 11 is 5.19. The Morgan fingerprint density at radius 3 is 2.73 bits per heavy atom. The number of hydrogen-bond donors (Lipinski definition) is 1. The molecular formula is C10H6ClNO3. The standard InChI is InChI=1S/C10H6ClNO3/c11-9(14)10-12-7(5-15-10)6-3-1-2-4-8(6)13/h1-5,13H. The van der Waals surface area contributed by atoms with Gasteiger partial charge in [0, 0.05) is 5.56 Å². The minimum atomic E-state index is -0.767. The number of rotatable bonds is 2. The smallest absolute Gasteiger partial charge is 0.307 e. The average Bonchev–Trinajstić information content (AvgIpc) is 2.67. The lowest BCUT2D eigenvalue weighted by molar-refractivity contribution is 0.105. The molecular weight excluding hydrogens is 218 g/mol. The van der Waals surface area contributed by atoms with Gasteiger partial charge in [-0.2, -0.15) is 0 Å². The maximum Gasteiger partial charge on any atom is 0.307 e. The summed E-state index contributed by atoms with van der Waals surface area (Å²) in [5.74, 6) is -0.116. The van der Waals surface area contributed by atoms with Gasteiger partial charge in [-0.15, -0.1) is 0 Å². The lowest BCUT2D eigenvalue weighted by atomic mass is 10.1. The molecule has 0 amide bonds. The predicted octanol–water partition coefficient (Wildman–Crippen LogP) is 2.43. The van der Waals surface area contributed by atoms with Crippen molar-refractivity contribution >= 4 is 16.8 Å². The minimum absolute atomic E-state index is 0.0689. The second-order valence-corrected chi connectivity index (χ2v) is 3.17. The van der Waals surface area contributed by atoms with Crippen molar-refractivity contribution in [3.8, 4) is 17.0 Å². The Hall–Kier alpha value is -1.81. The van der Waals surface area contributed by atoms with Crippen molar-refractivity contribution in [1.29, 1.82) is 0 Å². The number of phenols is 1. The Morgan fingerprint density at radius 1 is 1.40 bits per heavy atom. The van der Waals surface area contributed by atoms with Gasteiger partial charge in [-0.1, -0.05) is 12.1 Å². The van der Waals surface area contributed by atoms with Crippen LogP contribution in [0.15, 0.2) is 34.9 Å². The number of phenolic OH excluding ortho intramolecular Hbond substituents is 1. The zero-order valence-electron chi connectivity index (χ0n) is 7.48. The summed E-state index contributed by atoms with van der Waals surface area (Å²) in [5.41, 5.74) is 0.863. The Kier molecular flexibility index (Phi) is 2.43. The molecule has 0 bridgehead atoms. The van der Waals surface area contributed by atoms with Crippen LogP contribution in [0.25, 0.3) is 11.3 Å². The van der Waals surface area contributed by atoms with E-state index in [2.05, 4.69) is 4.98 Å². The highest BCUT2D eigenvalue weighted by Crippen LogP contribution is 2.27. The molecule has 1 heterocycles. The average molecular weight is 224 g/mol. The Morgan fingerprint density at radius 2 is 2.13 bits per heavy atom.